The van der Waals surface area contributed by atoms with Crippen molar-refractivity contribution in [2.75, 3.05) is 12.4 Å². The first-order valence-corrected chi connectivity index (χ1v) is 12.5. The summed E-state index contributed by atoms with van der Waals surface area (Å²) in [6.45, 7) is 5.28. The maximum absolute atomic E-state index is 13.7. The van der Waals surface area contributed by atoms with Crippen molar-refractivity contribution in [3.8, 4) is 0 Å². The fourth-order valence-corrected chi connectivity index (χ4v) is 3.61. The molecule has 0 aliphatic heterocycles. The summed E-state index contributed by atoms with van der Waals surface area (Å²) >= 11 is 0. The van der Waals surface area contributed by atoms with E-state index in [4.69, 9.17) is 9.47 Å². The molecule has 3 amide bonds. The van der Waals surface area contributed by atoms with E-state index in [9.17, 15) is 14.4 Å². The number of carbonyl (C=O) groups is 3. The lowest BCUT2D eigenvalue weighted by Gasteiger charge is -2.37. The van der Waals surface area contributed by atoms with Crippen LogP contribution in [0.25, 0.3) is 0 Å². The number of hydrogen-bond acceptors (Lipinski definition) is 5. The molecule has 3 aromatic carbocycles. The lowest BCUT2D eigenvalue weighted by Crippen LogP contribution is -2.61. The van der Waals surface area contributed by atoms with Gasteiger partial charge in [-0.1, -0.05) is 78.9 Å². The highest BCUT2D eigenvalue weighted by molar-refractivity contribution is 6.00. The molecule has 0 unspecified atom stereocenters. The molecule has 3 rings (SSSR count). The van der Waals surface area contributed by atoms with Gasteiger partial charge in [0.2, 0.25) is 11.8 Å². The number of carbonyl (C=O) groups excluding carboxylic acids is 3. The van der Waals surface area contributed by atoms with Gasteiger partial charge in [-0.15, -0.1) is 0 Å². The quantitative estimate of drug-likeness (QED) is 0.382. The molecule has 0 heterocycles. The molecule has 0 radical (unpaired) electrons. The van der Waals surface area contributed by atoms with E-state index in [0.29, 0.717) is 5.69 Å². The number of amides is 3. The Morgan fingerprint density at radius 1 is 0.816 bits per heavy atom. The van der Waals surface area contributed by atoms with Gasteiger partial charge in [-0.25, -0.2) is 4.79 Å². The Hall–Kier alpha value is -4.17. The van der Waals surface area contributed by atoms with E-state index >= 15 is 0 Å². The number of rotatable bonds is 11. The van der Waals surface area contributed by atoms with Gasteiger partial charge in [0.05, 0.1) is 12.7 Å². The zero-order chi connectivity index (χ0) is 27.5. The van der Waals surface area contributed by atoms with Crippen LogP contribution in [0.2, 0.25) is 0 Å². The van der Waals surface area contributed by atoms with Crippen LogP contribution >= 0.6 is 0 Å². The van der Waals surface area contributed by atoms with Crippen molar-refractivity contribution in [3.63, 3.8) is 0 Å². The van der Waals surface area contributed by atoms with Crippen molar-refractivity contribution in [3.05, 3.63) is 102 Å². The normalized spacial score (nSPS) is 12.6. The molecule has 0 saturated heterocycles. The molecule has 0 aliphatic carbocycles. The third-order valence-corrected chi connectivity index (χ3v) is 6.33. The van der Waals surface area contributed by atoms with Crippen LogP contribution in [0.1, 0.15) is 31.9 Å². The van der Waals surface area contributed by atoms with Gasteiger partial charge in [0.25, 0.3) is 0 Å². The minimum atomic E-state index is -1.24. The zero-order valence-electron chi connectivity index (χ0n) is 22.2. The van der Waals surface area contributed by atoms with E-state index in [1.807, 2.05) is 78.9 Å². The van der Waals surface area contributed by atoms with Crippen LogP contribution in [0, 0.1) is 0 Å². The van der Waals surface area contributed by atoms with Gasteiger partial charge < -0.3 is 25.0 Å². The van der Waals surface area contributed by atoms with E-state index in [2.05, 4.69) is 10.6 Å². The van der Waals surface area contributed by atoms with Gasteiger partial charge in [-0.05, 0) is 44.0 Å². The predicted octanol–water partition coefficient (Wildman–Crippen LogP) is 4.76. The number of likely N-dealkylation sites (N-methyl/N-ethyl adjacent to an activating group) is 1. The second-order valence-electron chi connectivity index (χ2n) is 9.46. The number of ether oxygens (including phenoxy) is 2. The van der Waals surface area contributed by atoms with Crippen molar-refractivity contribution in [1.29, 1.82) is 0 Å². The Labute approximate surface area is 223 Å². The van der Waals surface area contributed by atoms with Crippen LogP contribution in [-0.2, 0) is 32.3 Å². The molecule has 0 spiro atoms. The first kappa shape index (κ1) is 28.4. The Balaban J connectivity index is 1.73. The number of hydrogen-bond donors (Lipinski definition) is 2. The lowest BCUT2D eigenvalue weighted by molar-refractivity contribution is -0.146. The molecule has 2 N–H and O–H groups in total. The van der Waals surface area contributed by atoms with Crippen molar-refractivity contribution < 1.29 is 23.9 Å². The zero-order valence-corrected chi connectivity index (χ0v) is 22.2. The van der Waals surface area contributed by atoms with Gasteiger partial charge in [-0.2, -0.15) is 0 Å². The molecular formula is C30H35N3O5. The van der Waals surface area contributed by atoms with E-state index in [-0.39, 0.29) is 19.1 Å². The maximum Gasteiger partial charge on any atom is 0.408 e. The molecule has 0 fully saturated rings. The summed E-state index contributed by atoms with van der Waals surface area (Å²) in [4.78, 5) is 40.9. The van der Waals surface area contributed by atoms with E-state index in [1.54, 1.807) is 32.9 Å². The second kappa shape index (κ2) is 13.4. The van der Waals surface area contributed by atoms with Crippen molar-refractivity contribution >= 4 is 23.6 Å². The highest BCUT2D eigenvalue weighted by Gasteiger charge is 2.40. The Morgan fingerprint density at radius 2 is 1.32 bits per heavy atom. The highest BCUT2D eigenvalue weighted by atomic mass is 16.5. The first-order chi connectivity index (χ1) is 18.2. The summed E-state index contributed by atoms with van der Waals surface area (Å²) in [5, 5.41) is 5.49. The highest BCUT2D eigenvalue weighted by Crippen LogP contribution is 2.19. The molecule has 3 aromatic rings. The largest absolute Gasteiger partial charge is 0.445 e. The summed E-state index contributed by atoms with van der Waals surface area (Å²) in [7, 11) is 1.53. The summed E-state index contributed by atoms with van der Waals surface area (Å²) < 4.78 is 11.3. The molecule has 0 aliphatic rings. The van der Waals surface area contributed by atoms with Crippen LogP contribution in [0.3, 0.4) is 0 Å². The summed E-state index contributed by atoms with van der Waals surface area (Å²) in [5.41, 5.74) is 1.12. The second-order valence-corrected chi connectivity index (χ2v) is 9.46. The molecule has 0 aromatic heterocycles. The standard InChI is InChI=1S/C30H35N3O5/c1-22(37-20-23-14-8-5-9-15-23)26(32-29(36)38-21-24-16-10-6-11-17-24)27(34)33(4)30(2,3)28(35)31-25-18-12-7-13-19-25/h5-19,22,26H,20-21H2,1-4H3,(H,31,35)(H,32,36)/t22-,26+/m1/s1. The minimum absolute atomic E-state index is 0.0493. The molecule has 8 heteroatoms. The predicted molar refractivity (Wildman–Crippen MR) is 146 cm³/mol. The monoisotopic (exact) mass is 517 g/mol. The average Bonchev–Trinajstić information content (AvgIpc) is 2.94. The number of anilines is 1. The van der Waals surface area contributed by atoms with Gasteiger partial charge in [0.15, 0.2) is 0 Å². The van der Waals surface area contributed by atoms with Crippen LogP contribution in [-0.4, -0.2) is 47.5 Å². The number of para-hydroxylation sites is 1. The Bertz CT molecular complexity index is 1190. The van der Waals surface area contributed by atoms with Crippen molar-refractivity contribution in [1.82, 2.24) is 10.2 Å². The van der Waals surface area contributed by atoms with E-state index in [0.717, 1.165) is 11.1 Å². The average molecular weight is 518 g/mol. The molecule has 2 atom stereocenters. The fourth-order valence-electron chi connectivity index (χ4n) is 3.61. The SMILES string of the molecule is C[C@@H](OCc1ccccc1)[C@H](NC(=O)OCc1ccccc1)C(=O)N(C)C(C)(C)C(=O)Nc1ccccc1. The number of nitrogens with one attached hydrogen (secondary N) is 2. The first-order valence-electron chi connectivity index (χ1n) is 12.5. The Morgan fingerprint density at radius 3 is 1.87 bits per heavy atom. The van der Waals surface area contributed by atoms with E-state index < -0.39 is 29.7 Å². The smallest absolute Gasteiger partial charge is 0.408 e. The number of nitrogens with zero attached hydrogens (tertiary/aromatic N) is 1. The van der Waals surface area contributed by atoms with Gasteiger partial charge >= 0.3 is 6.09 Å². The van der Waals surface area contributed by atoms with Crippen molar-refractivity contribution in [2.45, 2.75) is 51.7 Å². The topological polar surface area (TPSA) is 97.0 Å². The van der Waals surface area contributed by atoms with Crippen LogP contribution < -0.4 is 10.6 Å². The van der Waals surface area contributed by atoms with Gasteiger partial charge in [0, 0.05) is 12.7 Å². The third kappa shape index (κ3) is 7.91. The van der Waals surface area contributed by atoms with E-state index in [1.165, 1.54) is 11.9 Å². The third-order valence-electron chi connectivity index (χ3n) is 6.33. The van der Waals surface area contributed by atoms with Crippen molar-refractivity contribution in [2.24, 2.45) is 0 Å². The van der Waals surface area contributed by atoms with Crippen LogP contribution in [0.5, 0.6) is 0 Å². The summed E-state index contributed by atoms with van der Waals surface area (Å²) in [5.74, 6) is -0.863. The molecule has 0 saturated carbocycles. The summed E-state index contributed by atoms with van der Waals surface area (Å²) in [6, 6.07) is 26.7. The summed E-state index contributed by atoms with van der Waals surface area (Å²) in [6.07, 6.45) is -1.48. The fraction of sp³-hybridized carbons (Fsp3) is 0.300. The number of benzene rings is 3. The lowest BCUT2D eigenvalue weighted by atomic mass is 9.99. The van der Waals surface area contributed by atoms with Gasteiger partial charge in [0.1, 0.15) is 18.2 Å². The molecular weight excluding hydrogens is 482 g/mol. The van der Waals surface area contributed by atoms with Gasteiger partial charge in [-0.3, -0.25) is 9.59 Å². The minimum Gasteiger partial charge on any atom is -0.445 e. The molecule has 38 heavy (non-hydrogen) atoms. The number of alkyl carbamates (subject to hydrolysis) is 1. The molecule has 8 nitrogen and oxygen atoms in total. The van der Waals surface area contributed by atoms with Crippen LogP contribution in [0.4, 0.5) is 10.5 Å². The molecule has 0 bridgehead atoms. The maximum atomic E-state index is 13.7. The Kier molecular flexibility index (Phi) is 10.0. The molecule has 200 valence electrons. The van der Waals surface area contributed by atoms with Crippen LogP contribution in [0.15, 0.2) is 91.0 Å².